The second kappa shape index (κ2) is 8.60. The Morgan fingerprint density at radius 3 is 2.41 bits per heavy atom. The monoisotopic (exact) mass is 458 g/mol. The van der Waals surface area contributed by atoms with Crippen molar-refractivity contribution in [3.63, 3.8) is 0 Å². The molecule has 1 atom stereocenters. The van der Waals surface area contributed by atoms with Crippen molar-refractivity contribution in [1.29, 1.82) is 0 Å². The van der Waals surface area contributed by atoms with Crippen molar-refractivity contribution < 1.29 is 17.6 Å². The number of amides is 1. The van der Waals surface area contributed by atoms with Crippen molar-refractivity contribution in [1.82, 2.24) is 9.21 Å². The number of sulfonamides is 1. The lowest BCUT2D eigenvalue weighted by Crippen LogP contribution is -2.31. The molecule has 9 heteroatoms. The summed E-state index contributed by atoms with van der Waals surface area (Å²) in [5.41, 5.74) is 0.780. The van der Waals surface area contributed by atoms with E-state index in [1.54, 1.807) is 32.2 Å². The van der Waals surface area contributed by atoms with E-state index in [1.165, 1.54) is 15.3 Å². The van der Waals surface area contributed by atoms with Crippen molar-refractivity contribution in [3.8, 4) is 0 Å². The summed E-state index contributed by atoms with van der Waals surface area (Å²) in [7, 11) is -2.40. The maximum absolute atomic E-state index is 14.3. The minimum atomic E-state index is -3.98. The van der Waals surface area contributed by atoms with Crippen LogP contribution in [-0.4, -0.2) is 43.7 Å². The van der Waals surface area contributed by atoms with E-state index in [9.17, 15) is 17.6 Å². The van der Waals surface area contributed by atoms with Gasteiger partial charge in [-0.1, -0.05) is 29.3 Å². The number of rotatable bonds is 5. The average Bonchev–Trinajstić information content (AvgIpc) is 3.22. The molecule has 2 aromatic carbocycles. The predicted molar refractivity (Wildman–Crippen MR) is 111 cm³/mol. The molecule has 2 aromatic rings. The van der Waals surface area contributed by atoms with E-state index < -0.39 is 32.7 Å². The molecule has 156 valence electrons. The first-order valence-electron chi connectivity index (χ1n) is 9.14. The lowest BCUT2D eigenvalue weighted by molar-refractivity contribution is 0.0742. The fraction of sp³-hybridized carbons (Fsp3) is 0.350. The third-order valence-electron chi connectivity index (χ3n) is 5.17. The molecule has 5 nitrogen and oxygen atoms in total. The SMILES string of the molecule is CC(c1ccc(Cl)cc1Cl)N(C)C(=O)c1ccc(F)c(S(=O)(=O)N2CCCC2)c1. The van der Waals surface area contributed by atoms with Crippen LogP contribution in [0.25, 0.3) is 0 Å². The summed E-state index contributed by atoms with van der Waals surface area (Å²) in [5.74, 6) is -1.31. The Labute approximate surface area is 180 Å². The van der Waals surface area contributed by atoms with Crippen LogP contribution in [0, 0.1) is 5.82 Å². The van der Waals surface area contributed by atoms with Gasteiger partial charge in [-0.15, -0.1) is 0 Å². The van der Waals surface area contributed by atoms with Crippen molar-refractivity contribution in [2.45, 2.75) is 30.7 Å². The molecule has 1 aliphatic rings. The molecule has 0 aromatic heterocycles. The van der Waals surface area contributed by atoms with Crippen LogP contribution >= 0.6 is 23.2 Å². The standard InChI is InChI=1S/C20H21Cl2FN2O3S/c1-13(16-7-6-15(21)12-17(16)22)24(2)20(26)14-5-8-18(23)19(11-14)29(27,28)25-9-3-4-10-25/h5-8,11-13H,3-4,9-10H2,1-2H3. The molecule has 0 saturated carbocycles. The number of carbonyl (C=O) groups is 1. The van der Waals surface area contributed by atoms with Crippen LogP contribution in [0.5, 0.6) is 0 Å². The summed E-state index contributed by atoms with van der Waals surface area (Å²) in [6, 6.07) is 8.00. The lowest BCUT2D eigenvalue weighted by Gasteiger charge is -2.26. The van der Waals surface area contributed by atoms with E-state index >= 15 is 0 Å². The second-order valence-electron chi connectivity index (χ2n) is 7.01. The molecule has 29 heavy (non-hydrogen) atoms. The van der Waals surface area contributed by atoms with Crippen LogP contribution in [0.3, 0.4) is 0 Å². The maximum atomic E-state index is 14.3. The topological polar surface area (TPSA) is 57.7 Å². The second-order valence-corrected chi connectivity index (χ2v) is 9.76. The Hall–Kier alpha value is -1.67. The molecule has 0 bridgehead atoms. The molecule has 1 amide bonds. The van der Waals surface area contributed by atoms with Gasteiger partial charge in [-0.2, -0.15) is 4.31 Å². The van der Waals surface area contributed by atoms with Crippen molar-refractivity contribution >= 4 is 39.1 Å². The van der Waals surface area contributed by atoms with Gasteiger partial charge in [-0.25, -0.2) is 12.8 Å². The molecule has 1 unspecified atom stereocenters. The zero-order valence-corrected chi connectivity index (χ0v) is 18.4. The Balaban J connectivity index is 1.91. The van der Waals surface area contributed by atoms with Crippen LogP contribution in [0.2, 0.25) is 10.0 Å². The largest absolute Gasteiger partial charge is 0.335 e. The molecule has 0 N–H and O–H groups in total. The Morgan fingerprint density at radius 1 is 1.14 bits per heavy atom. The highest BCUT2D eigenvalue weighted by Gasteiger charge is 2.31. The molecule has 1 fully saturated rings. The van der Waals surface area contributed by atoms with Crippen molar-refractivity contribution in [2.75, 3.05) is 20.1 Å². The number of hydrogen-bond donors (Lipinski definition) is 0. The molecule has 1 heterocycles. The Morgan fingerprint density at radius 2 is 1.79 bits per heavy atom. The van der Waals surface area contributed by atoms with Crippen molar-refractivity contribution in [2.24, 2.45) is 0 Å². The summed E-state index contributed by atoms with van der Waals surface area (Å²) >= 11 is 12.2. The lowest BCUT2D eigenvalue weighted by atomic mass is 10.1. The summed E-state index contributed by atoms with van der Waals surface area (Å²) in [6.45, 7) is 2.50. The van der Waals surface area contributed by atoms with Gasteiger partial charge >= 0.3 is 0 Å². The van der Waals surface area contributed by atoms with Gasteiger partial charge in [0.1, 0.15) is 10.7 Å². The molecule has 0 spiro atoms. The van der Waals surface area contributed by atoms with Crippen LogP contribution in [0.15, 0.2) is 41.3 Å². The van der Waals surface area contributed by atoms with Crippen LogP contribution in [0.4, 0.5) is 4.39 Å². The zero-order valence-electron chi connectivity index (χ0n) is 16.0. The summed E-state index contributed by atoms with van der Waals surface area (Å²) in [5, 5.41) is 0.899. The average molecular weight is 459 g/mol. The third kappa shape index (κ3) is 4.43. The molecule has 1 aliphatic heterocycles. The fourth-order valence-electron chi connectivity index (χ4n) is 3.33. The highest BCUT2D eigenvalue weighted by molar-refractivity contribution is 7.89. The van der Waals surface area contributed by atoms with Crippen molar-refractivity contribution in [3.05, 3.63) is 63.4 Å². The Bertz CT molecular complexity index is 1040. The number of hydrogen-bond acceptors (Lipinski definition) is 3. The van der Waals surface area contributed by atoms with Gasteiger partial charge in [0.25, 0.3) is 5.91 Å². The minimum absolute atomic E-state index is 0.0867. The number of carbonyl (C=O) groups excluding carboxylic acids is 1. The fourth-order valence-corrected chi connectivity index (χ4v) is 5.50. The van der Waals surface area contributed by atoms with E-state index in [4.69, 9.17) is 23.2 Å². The van der Waals surface area contributed by atoms with E-state index in [0.29, 0.717) is 28.7 Å². The summed E-state index contributed by atoms with van der Waals surface area (Å²) in [4.78, 5) is 13.9. The van der Waals surface area contributed by atoms with Crippen LogP contribution in [0.1, 0.15) is 41.7 Å². The molecule has 3 rings (SSSR count). The molecular weight excluding hydrogens is 438 g/mol. The van der Waals surface area contributed by atoms with Gasteiger partial charge in [0, 0.05) is 35.7 Å². The van der Waals surface area contributed by atoms with Gasteiger partial charge in [0.2, 0.25) is 10.0 Å². The van der Waals surface area contributed by atoms with Gasteiger partial charge in [0.05, 0.1) is 6.04 Å². The van der Waals surface area contributed by atoms with Gasteiger partial charge < -0.3 is 4.90 Å². The summed E-state index contributed by atoms with van der Waals surface area (Å²) < 4.78 is 41.1. The quantitative estimate of drug-likeness (QED) is 0.649. The zero-order chi connectivity index (χ0) is 21.3. The molecular formula is C20H21Cl2FN2O3S. The smallest absolute Gasteiger partial charge is 0.254 e. The van der Waals surface area contributed by atoms with Gasteiger partial charge in [-0.3, -0.25) is 4.79 Å². The normalized spacial score (nSPS) is 16.0. The molecule has 1 saturated heterocycles. The number of nitrogens with zero attached hydrogens (tertiary/aromatic N) is 2. The van der Waals surface area contributed by atoms with Crippen LogP contribution < -0.4 is 0 Å². The van der Waals surface area contributed by atoms with Gasteiger partial charge in [0.15, 0.2) is 0 Å². The highest BCUT2D eigenvalue weighted by atomic mass is 35.5. The first-order chi connectivity index (χ1) is 13.6. The third-order valence-corrected chi connectivity index (χ3v) is 7.65. The Kier molecular flexibility index (Phi) is 6.53. The minimum Gasteiger partial charge on any atom is -0.335 e. The predicted octanol–water partition coefficient (Wildman–Crippen LogP) is 4.75. The van der Waals surface area contributed by atoms with E-state index in [1.807, 2.05) is 0 Å². The van der Waals surface area contributed by atoms with E-state index in [0.717, 1.165) is 25.0 Å². The highest BCUT2D eigenvalue weighted by Crippen LogP contribution is 2.30. The first-order valence-corrected chi connectivity index (χ1v) is 11.3. The maximum Gasteiger partial charge on any atom is 0.254 e. The first kappa shape index (κ1) is 22.0. The summed E-state index contributed by atoms with van der Waals surface area (Å²) in [6.07, 6.45) is 1.48. The molecule has 0 aliphatic carbocycles. The number of benzene rings is 2. The van der Waals surface area contributed by atoms with E-state index in [2.05, 4.69) is 0 Å². The van der Waals surface area contributed by atoms with Crippen LogP contribution in [-0.2, 0) is 10.0 Å². The van der Waals surface area contributed by atoms with Gasteiger partial charge in [-0.05, 0) is 55.7 Å². The van der Waals surface area contributed by atoms with E-state index in [-0.39, 0.29) is 5.56 Å². The number of halogens is 3. The molecule has 0 radical (unpaired) electrons.